The number of nitrogens with two attached hydrogens (primary N) is 1. The van der Waals surface area contributed by atoms with Gasteiger partial charge < -0.3 is 10.6 Å². The van der Waals surface area contributed by atoms with Gasteiger partial charge in [-0.1, -0.05) is 19.8 Å². The Hall–Kier alpha value is -0.0800. The first-order valence-corrected chi connectivity index (χ1v) is 9.22. The van der Waals surface area contributed by atoms with Gasteiger partial charge in [-0.3, -0.25) is 0 Å². The van der Waals surface area contributed by atoms with Crippen LogP contribution in [0.15, 0.2) is 0 Å². The minimum Gasteiger partial charge on any atom is -0.327 e. The summed E-state index contributed by atoms with van der Waals surface area (Å²) in [7, 11) is 0. The van der Waals surface area contributed by atoms with Crippen molar-refractivity contribution in [3.05, 3.63) is 0 Å². The fraction of sp³-hybridized carbons (Fsp3) is 1.00. The van der Waals surface area contributed by atoms with E-state index in [9.17, 15) is 0 Å². The molecule has 0 aromatic rings. The maximum atomic E-state index is 6.45. The van der Waals surface area contributed by atoms with Crippen molar-refractivity contribution in [3.63, 3.8) is 0 Å². The third-order valence-electron chi connectivity index (χ3n) is 5.77. The Morgan fingerprint density at radius 1 is 0.850 bits per heavy atom. The molecule has 3 fully saturated rings. The summed E-state index contributed by atoms with van der Waals surface area (Å²) in [6.45, 7) is 6.38. The molecular formula is C18H34N2. The molecule has 0 amide bonds. The maximum Gasteiger partial charge on any atom is 0.00795 e. The summed E-state index contributed by atoms with van der Waals surface area (Å²) >= 11 is 0. The Balaban J connectivity index is 1.50. The molecule has 3 aliphatic carbocycles. The number of rotatable bonds is 8. The number of nitrogens with zero attached hydrogens (tertiary/aromatic N) is 1. The Morgan fingerprint density at radius 2 is 1.45 bits per heavy atom. The van der Waals surface area contributed by atoms with Crippen LogP contribution < -0.4 is 5.73 Å². The van der Waals surface area contributed by atoms with Crippen molar-refractivity contribution in [3.8, 4) is 0 Å². The van der Waals surface area contributed by atoms with Gasteiger partial charge in [-0.25, -0.2) is 0 Å². The largest absolute Gasteiger partial charge is 0.327 e. The Labute approximate surface area is 125 Å². The highest BCUT2D eigenvalue weighted by Crippen LogP contribution is 2.36. The highest BCUT2D eigenvalue weighted by molar-refractivity contribution is 4.88. The van der Waals surface area contributed by atoms with Crippen molar-refractivity contribution in [2.45, 2.75) is 70.8 Å². The van der Waals surface area contributed by atoms with Crippen LogP contribution in [0, 0.1) is 23.7 Å². The van der Waals surface area contributed by atoms with Gasteiger partial charge in [0.1, 0.15) is 0 Å². The van der Waals surface area contributed by atoms with Gasteiger partial charge in [0, 0.05) is 25.7 Å². The molecule has 0 aromatic carbocycles. The second kappa shape index (κ2) is 6.79. The van der Waals surface area contributed by atoms with Crippen LogP contribution in [0.4, 0.5) is 0 Å². The third-order valence-corrected chi connectivity index (χ3v) is 5.77. The first-order valence-electron chi connectivity index (χ1n) is 9.22. The Bertz CT molecular complexity index is 282. The Morgan fingerprint density at radius 3 is 2.00 bits per heavy atom. The molecule has 3 saturated carbocycles. The molecular weight excluding hydrogens is 244 g/mol. The lowest BCUT2D eigenvalue weighted by Crippen LogP contribution is -2.44. The molecule has 3 rings (SSSR count). The highest BCUT2D eigenvalue weighted by Gasteiger charge is 2.33. The molecule has 2 heteroatoms. The molecule has 0 bridgehead atoms. The van der Waals surface area contributed by atoms with Gasteiger partial charge in [-0.05, 0) is 68.6 Å². The smallest absolute Gasteiger partial charge is 0.00795 e. The molecule has 0 heterocycles. The minimum absolute atomic E-state index is 0.476. The minimum atomic E-state index is 0.476. The van der Waals surface area contributed by atoms with E-state index in [0.29, 0.717) is 6.04 Å². The standard InChI is InChI=1S/C18H34N2/c1-2-3-14-8-9-18(19)17(10-14)13-20(11-15-4-5-15)12-16-6-7-16/h14-18H,2-13,19H2,1H3. The molecule has 0 aromatic heterocycles. The summed E-state index contributed by atoms with van der Waals surface area (Å²) in [4.78, 5) is 2.80. The zero-order chi connectivity index (χ0) is 13.9. The summed E-state index contributed by atoms with van der Waals surface area (Å²) in [5, 5.41) is 0. The monoisotopic (exact) mass is 278 g/mol. The van der Waals surface area contributed by atoms with E-state index >= 15 is 0 Å². The fourth-order valence-electron chi connectivity index (χ4n) is 4.15. The van der Waals surface area contributed by atoms with Crippen molar-refractivity contribution in [1.82, 2.24) is 4.90 Å². The molecule has 20 heavy (non-hydrogen) atoms. The van der Waals surface area contributed by atoms with Gasteiger partial charge in [-0.15, -0.1) is 0 Å². The molecule has 3 unspecified atom stereocenters. The molecule has 0 saturated heterocycles. The highest BCUT2D eigenvalue weighted by atomic mass is 15.1. The second-order valence-corrected chi connectivity index (χ2v) is 8.00. The van der Waals surface area contributed by atoms with E-state index in [0.717, 1.165) is 23.7 Å². The lowest BCUT2D eigenvalue weighted by molar-refractivity contribution is 0.144. The third kappa shape index (κ3) is 4.46. The summed E-state index contributed by atoms with van der Waals surface area (Å²) in [5.41, 5.74) is 6.45. The molecule has 3 aliphatic rings. The summed E-state index contributed by atoms with van der Waals surface area (Å²) < 4.78 is 0. The first kappa shape index (κ1) is 14.8. The zero-order valence-corrected chi connectivity index (χ0v) is 13.4. The van der Waals surface area contributed by atoms with E-state index in [-0.39, 0.29) is 0 Å². The van der Waals surface area contributed by atoms with Crippen LogP contribution in [0.5, 0.6) is 0 Å². The lowest BCUT2D eigenvalue weighted by atomic mass is 9.76. The van der Waals surface area contributed by atoms with Gasteiger partial charge in [-0.2, -0.15) is 0 Å². The number of hydrogen-bond donors (Lipinski definition) is 1. The van der Waals surface area contributed by atoms with Crippen molar-refractivity contribution in [2.75, 3.05) is 19.6 Å². The number of hydrogen-bond acceptors (Lipinski definition) is 2. The van der Waals surface area contributed by atoms with Crippen LogP contribution >= 0.6 is 0 Å². The van der Waals surface area contributed by atoms with Crippen LogP contribution in [0.1, 0.15) is 64.7 Å². The van der Waals surface area contributed by atoms with Gasteiger partial charge in [0.05, 0.1) is 0 Å². The molecule has 0 aliphatic heterocycles. The second-order valence-electron chi connectivity index (χ2n) is 8.00. The van der Waals surface area contributed by atoms with Crippen LogP contribution in [0.3, 0.4) is 0 Å². The Kier molecular flexibility index (Phi) is 5.04. The molecule has 2 nitrogen and oxygen atoms in total. The van der Waals surface area contributed by atoms with Crippen LogP contribution in [-0.4, -0.2) is 30.6 Å². The van der Waals surface area contributed by atoms with Crippen LogP contribution in [0.25, 0.3) is 0 Å². The summed E-state index contributed by atoms with van der Waals surface area (Å²) in [5.74, 6) is 3.80. The fourth-order valence-corrected chi connectivity index (χ4v) is 4.15. The van der Waals surface area contributed by atoms with Crippen LogP contribution in [0.2, 0.25) is 0 Å². The molecule has 2 N–H and O–H groups in total. The van der Waals surface area contributed by atoms with Gasteiger partial charge in [0.2, 0.25) is 0 Å². The predicted molar refractivity (Wildman–Crippen MR) is 85.6 cm³/mol. The van der Waals surface area contributed by atoms with E-state index in [1.165, 1.54) is 77.4 Å². The molecule has 3 atom stereocenters. The van der Waals surface area contributed by atoms with E-state index in [2.05, 4.69) is 11.8 Å². The van der Waals surface area contributed by atoms with Crippen LogP contribution in [-0.2, 0) is 0 Å². The summed E-state index contributed by atoms with van der Waals surface area (Å²) in [6.07, 6.45) is 12.8. The van der Waals surface area contributed by atoms with Gasteiger partial charge in [0.15, 0.2) is 0 Å². The van der Waals surface area contributed by atoms with Crippen molar-refractivity contribution >= 4 is 0 Å². The van der Waals surface area contributed by atoms with E-state index in [4.69, 9.17) is 5.73 Å². The van der Waals surface area contributed by atoms with E-state index in [1.54, 1.807) is 0 Å². The lowest BCUT2D eigenvalue weighted by Gasteiger charge is -2.37. The van der Waals surface area contributed by atoms with Gasteiger partial charge >= 0.3 is 0 Å². The SMILES string of the molecule is CCCC1CCC(N)C(CN(CC2CC2)CC2CC2)C1. The average molecular weight is 278 g/mol. The van der Waals surface area contributed by atoms with Crippen molar-refractivity contribution < 1.29 is 0 Å². The van der Waals surface area contributed by atoms with Crippen molar-refractivity contribution in [1.29, 1.82) is 0 Å². The first-order chi connectivity index (χ1) is 9.74. The predicted octanol–water partition coefficient (Wildman–Crippen LogP) is 3.65. The molecule has 0 radical (unpaired) electrons. The zero-order valence-electron chi connectivity index (χ0n) is 13.4. The van der Waals surface area contributed by atoms with Gasteiger partial charge in [0.25, 0.3) is 0 Å². The van der Waals surface area contributed by atoms with E-state index < -0.39 is 0 Å². The van der Waals surface area contributed by atoms with Crippen molar-refractivity contribution in [2.24, 2.45) is 29.4 Å². The molecule has 116 valence electrons. The maximum absolute atomic E-state index is 6.45. The topological polar surface area (TPSA) is 29.3 Å². The van der Waals surface area contributed by atoms with E-state index in [1.807, 2.05) is 0 Å². The molecule has 0 spiro atoms. The summed E-state index contributed by atoms with van der Waals surface area (Å²) in [6, 6.07) is 0.476. The normalized spacial score (nSPS) is 34.6. The quantitative estimate of drug-likeness (QED) is 0.734. The average Bonchev–Trinajstić information content (AvgIpc) is 3.30.